The molecule has 30 heavy (non-hydrogen) atoms. The first-order chi connectivity index (χ1) is 14.7. The Bertz CT molecular complexity index is 1040. The first kappa shape index (κ1) is 18.8. The van der Waals surface area contributed by atoms with Crippen LogP contribution in [0.3, 0.4) is 0 Å². The molecular weight excluding hydrogens is 374 g/mol. The number of carbonyl (C=O) groups excluding carboxylic acids is 1. The summed E-state index contributed by atoms with van der Waals surface area (Å²) in [4.78, 5) is 19.0. The number of piperazine rings is 1. The molecule has 152 valence electrons. The normalized spacial score (nSPS) is 18.0. The summed E-state index contributed by atoms with van der Waals surface area (Å²) in [6, 6.07) is 19.0. The Morgan fingerprint density at radius 2 is 1.80 bits per heavy atom. The lowest BCUT2D eigenvalue weighted by Gasteiger charge is -2.33. The van der Waals surface area contributed by atoms with Crippen molar-refractivity contribution in [2.24, 2.45) is 0 Å². The van der Waals surface area contributed by atoms with Gasteiger partial charge in [-0.1, -0.05) is 54.6 Å². The standard InChI is InChI=1S/C25H25N3O2/c1-17-12-18(14-26-13-17)24-15-28(11-10-27-24)25(29)30-16-23-21-8-4-2-6-19(21)20-7-3-5-9-22(20)23/h2-9,12-14,23-24,27H,10-11,15-16H2,1H3. The molecule has 5 nitrogen and oxygen atoms in total. The van der Waals surface area contributed by atoms with Crippen molar-refractivity contribution in [1.82, 2.24) is 15.2 Å². The first-order valence-corrected chi connectivity index (χ1v) is 10.5. The van der Waals surface area contributed by atoms with Crippen molar-refractivity contribution >= 4 is 6.09 Å². The summed E-state index contributed by atoms with van der Waals surface area (Å²) in [5.74, 6) is 0.0843. The number of aryl methyl sites for hydroxylation is 1. The summed E-state index contributed by atoms with van der Waals surface area (Å²) < 4.78 is 5.83. The molecule has 0 spiro atoms. The molecule has 1 atom stereocenters. The molecule has 1 unspecified atom stereocenters. The summed E-state index contributed by atoms with van der Waals surface area (Å²) >= 11 is 0. The van der Waals surface area contributed by atoms with Crippen molar-refractivity contribution in [1.29, 1.82) is 0 Å². The Morgan fingerprint density at radius 3 is 2.50 bits per heavy atom. The van der Waals surface area contributed by atoms with Crippen molar-refractivity contribution in [2.45, 2.75) is 18.9 Å². The molecule has 2 aromatic carbocycles. The van der Waals surface area contributed by atoms with E-state index in [2.05, 4.69) is 64.9 Å². The minimum absolute atomic E-state index is 0.0756. The van der Waals surface area contributed by atoms with E-state index < -0.39 is 0 Å². The molecule has 0 saturated carbocycles. The SMILES string of the molecule is Cc1cncc(C2CN(C(=O)OCC3c4ccccc4-c4ccccc43)CCN2)c1. The van der Waals surface area contributed by atoms with Gasteiger partial charge in [-0.2, -0.15) is 0 Å². The third-order valence-electron chi connectivity index (χ3n) is 6.07. The van der Waals surface area contributed by atoms with Crippen LogP contribution in [-0.2, 0) is 4.74 Å². The van der Waals surface area contributed by atoms with Crippen LogP contribution >= 0.6 is 0 Å². The monoisotopic (exact) mass is 399 g/mol. The molecular formula is C25H25N3O2. The van der Waals surface area contributed by atoms with Crippen LogP contribution in [0.2, 0.25) is 0 Å². The molecule has 2 heterocycles. The summed E-state index contributed by atoms with van der Waals surface area (Å²) in [6.45, 7) is 4.35. The minimum Gasteiger partial charge on any atom is -0.448 e. The molecule has 1 saturated heterocycles. The number of pyridine rings is 1. The number of hydrogen-bond acceptors (Lipinski definition) is 4. The van der Waals surface area contributed by atoms with Gasteiger partial charge in [0, 0.05) is 37.9 Å². The number of nitrogens with one attached hydrogen (secondary N) is 1. The number of fused-ring (bicyclic) bond motifs is 3. The zero-order chi connectivity index (χ0) is 20.5. The number of carbonyl (C=O) groups is 1. The molecule has 5 heteroatoms. The Labute approximate surface area is 176 Å². The van der Waals surface area contributed by atoms with Gasteiger partial charge in [-0.25, -0.2) is 4.79 Å². The molecule has 1 aromatic heterocycles. The van der Waals surface area contributed by atoms with E-state index >= 15 is 0 Å². The molecule has 1 aliphatic carbocycles. The van der Waals surface area contributed by atoms with E-state index in [9.17, 15) is 4.79 Å². The van der Waals surface area contributed by atoms with E-state index in [1.54, 1.807) is 4.90 Å². The highest BCUT2D eigenvalue weighted by Crippen LogP contribution is 2.44. The highest BCUT2D eigenvalue weighted by molar-refractivity contribution is 5.79. The van der Waals surface area contributed by atoms with Gasteiger partial charge in [0.05, 0.1) is 6.04 Å². The zero-order valence-electron chi connectivity index (χ0n) is 17.0. The van der Waals surface area contributed by atoms with Crippen LogP contribution in [-0.4, -0.2) is 42.2 Å². The molecule has 1 fully saturated rings. The van der Waals surface area contributed by atoms with E-state index in [0.717, 1.165) is 17.7 Å². The van der Waals surface area contributed by atoms with Gasteiger partial charge in [0.25, 0.3) is 0 Å². The van der Waals surface area contributed by atoms with E-state index in [4.69, 9.17) is 4.74 Å². The Hall–Kier alpha value is -3.18. The van der Waals surface area contributed by atoms with Crippen LogP contribution in [0.25, 0.3) is 11.1 Å². The smallest absolute Gasteiger partial charge is 0.409 e. The van der Waals surface area contributed by atoms with Crippen molar-refractivity contribution in [3.05, 3.63) is 89.2 Å². The van der Waals surface area contributed by atoms with Gasteiger partial charge in [0.15, 0.2) is 0 Å². The Morgan fingerprint density at radius 1 is 1.10 bits per heavy atom. The number of rotatable bonds is 3. The number of amides is 1. The fourth-order valence-electron chi connectivity index (χ4n) is 4.59. The second kappa shape index (κ2) is 7.92. The van der Waals surface area contributed by atoms with Gasteiger partial charge in [-0.05, 0) is 40.3 Å². The van der Waals surface area contributed by atoms with E-state index in [1.165, 1.54) is 22.3 Å². The highest BCUT2D eigenvalue weighted by Gasteiger charge is 2.31. The van der Waals surface area contributed by atoms with Crippen LogP contribution < -0.4 is 5.32 Å². The second-order valence-corrected chi connectivity index (χ2v) is 8.05. The van der Waals surface area contributed by atoms with Crippen LogP contribution in [0.1, 0.15) is 34.2 Å². The largest absolute Gasteiger partial charge is 0.448 e. The molecule has 1 N–H and O–H groups in total. The van der Waals surface area contributed by atoms with Crippen molar-refractivity contribution in [3.8, 4) is 11.1 Å². The third kappa shape index (κ3) is 3.46. The fourth-order valence-corrected chi connectivity index (χ4v) is 4.59. The summed E-state index contributed by atoms with van der Waals surface area (Å²) in [7, 11) is 0. The molecule has 3 aromatic rings. The van der Waals surface area contributed by atoms with Crippen molar-refractivity contribution < 1.29 is 9.53 Å². The number of hydrogen-bond donors (Lipinski definition) is 1. The van der Waals surface area contributed by atoms with Gasteiger partial charge >= 0.3 is 6.09 Å². The van der Waals surface area contributed by atoms with Gasteiger partial charge in [-0.3, -0.25) is 4.98 Å². The maximum atomic E-state index is 12.9. The second-order valence-electron chi connectivity index (χ2n) is 8.05. The highest BCUT2D eigenvalue weighted by atomic mass is 16.6. The third-order valence-corrected chi connectivity index (χ3v) is 6.07. The first-order valence-electron chi connectivity index (χ1n) is 10.5. The molecule has 1 amide bonds. The summed E-state index contributed by atoms with van der Waals surface area (Å²) in [5.41, 5.74) is 7.16. The molecule has 1 aliphatic heterocycles. The van der Waals surface area contributed by atoms with E-state index in [1.807, 2.05) is 19.3 Å². The van der Waals surface area contributed by atoms with Crippen LogP contribution in [0, 0.1) is 6.92 Å². The zero-order valence-corrected chi connectivity index (χ0v) is 17.0. The Balaban J connectivity index is 1.28. The maximum absolute atomic E-state index is 12.9. The number of ether oxygens (including phenoxy) is 1. The van der Waals surface area contributed by atoms with Crippen molar-refractivity contribution in [2.75, 3.05) is 26.2 Å². The van der Waals surface area contributed by atoms with Gasteiger partial charge < -0.3 is 15.0 Å². The summed E-state index contributed by atoms with van der Waals surface area (Å²) in [5, 5.41) is 3.48. The topological polar surface area (TPSA) is 54.5 Å². The van der Waals surface area contributed by atoms with Gasteiger partial charge in [-0.15, -0.1) is 0 Å². The number of aromatic nitrogens is 1. The average molecular weight is 399 g/mol. The molecule has 0 radical (unpaired) electrons. The lowest BCUT2D eigenvalue weighted by atomic mass is 9.98. The van der Waals surface area contributed by atoms with Crippen LogP contribution in [0.5, 0.6) is 0 Å². The summed E-state index contributed by atoms with van der Waals surface area (Å²) in [6.07, 6.45) is 3.46. The van der Waals surface area contributed by atoms with E-state index in [0.29, 0.717) is 19.7 Å². The predicted molar refractivity (Wildman–Crippen MR) is 116 cm³/mol. The van der Waals surface area contributed by atoms with Crippen molar-refractivity contribution in [3.63, 3.8) is 0 Å². The maximum Gasteiger partial charge on any atom is 0.409 e. The van der Waals surface area contributed by atoms with Crippen LogP contribution in [0.4, 0.5) is 4.79 Å². The van der Waals surface area contributed by atoms with E-state index in [-0.39, 0.29) is 18.1 Å². The molecule has 0 bridgehead atoms. The molecule has 5 rings (SSSR count). The fraction of sp³-hybridized carbons (Fsp3) is 0.280. The minimum atomic E-state index is -0.246. The quantitative estimate of drug-likeness (QED) is 0.714. The van der Waals surface area contributed by atoms with Crippen LogP contribution in [0.15, 0.2) is 67.0 Å². The Kier molecular flexibility index (Phi) is 4.97. The number of benzene rings is 2. The number of nitrogens with zero attached hydrogens (tertiary/aromatic N) is 2. The average Bonchev–Trinajstić information content (AvgIpc) is 3.11. The predicted octanol–water partition coefficient (Wildman–Crippen LogP) is 4.29. The van der Waals surface area contributed by atoms with Gasteiger partial charge in [0.2, 0.25) is 0 Å². The van der Waals surface area contributed by atoms with Gasteiger partial charge in [0.1, 0.15) is 6.61 Å². The lowest BCUT2D eigenvalue weighted by molar-refractivity contribution is 0.0883. The molecule has 2 aliphatic rings. The lowest BCUT2D eigenvalue weighted by Crippen LogP contribution is -2.48.